The molecule has 1 amide bonds. The number of nitro groups is 1. The van der Waals surface area contributed by atoms with E-state index in [4.69, 9.17) is 16.6 Å². The molecule has 0 spiro atoms. The Morgan fingerprint density at radius 1 is 1.35 bits per heavy atom. The highest BCUT2D eigenvalue weighted by molar-refractivity contribution is 8.27. The lowest BCUT2D eigenvalue weighted by molar-refractivity contribution is -0.402. The molecule has 0 unspecified atom stereocenters. The fourth-order valence-electron chi connectivity index (χ4n) is 2.10. The first-order chi connectivity index (χ1) is 11.0. The van der Waals surface area contributed by atoms with Crippen LogP contribution in [0.15, 0.2) is 45.7 Å². The van der Waals surface area contributed by atoms with Gasteiger partial charge in [0.2, 0.25) is 0 Å². The average Bonchev–Trinajstić information content (AvgIpc) is 3.05. The minimum Gasteiger partial charge on any atom is -0.401 e. The van der Waals surface area contributed by atoms with Crippen molar-refractivity contribution >= 4 is 51.9 Å². The molecule has 2 aromatic rings. The van der Waals surface area contributed by atoms with Gasteiger partial charge < -0.3 is 4.42 Å². The van der Waals surface area contributed by atoms with E-state index in [-0.39, 0.29) is 17.6 Å². The summed E-state index contributed by atoms with van der Waals surface area (Å²) in [5.41, 5.74) is 1.71. The highest BCUT2D eigenvalue weighted by atomic mass is 32.2. The van der Waals surface area contributed by atoms with Gasteiger partial charge in [-0.3, -0.25) is 19.8 Å². The Morgan fingerprint density at radius 3 is 2.78 bits per heavy atom. The predicted molar refractivity (Wildman–Crippen MR) is 92.2 cm³/mol. The Bertz CT molecular complexity index is 857. The Morgan fingerprint density at radius 2 is 2.13 bits per heavy atom. The number of hydrogen-bond donors (Lipinski definition) is 0. The number of carbonyl (C=O) groups excluding carboxylic acids is 1. The van der Waals surface area contributed by atoms with Crippen LogP contribution in [0.2, 0.25) is 0 Å². The summed E-state index contributed by atoms with van der Waals surface area (Å²) >= 11 is 6.41. The summed E-state index contributed by atoms with van der Waals surface area (Å²) in [5, 5.41) is 10.6. The first-order valence-electron chi connectivity index (χ1n) is 6.54. The van der Waals surface area contributed by atoms with Gasteiger partial charge >= 0.3 is 5.88 Å². The zero-order valence-electron chi connectivity index (χ0n) is 11.9. The van der Waals surface area contributed by atoms with Gasteiger partial charge in [0.25, 0.3) is 5.91 Å². The summed E-state index contributed by atoms with van der Waals surface area (Å²) in [6.07, 6.45) is 1.46. The summed E-state index contributed by atoms with van der Waals surface area (Å²) in [4.78, 5) is 24.3. The number of rotatable bonds is 3. The number of benzene rings is 1. The molecule has 1 aliphatic rings. The monoisotopic (exact) mass is 346 g/mol. The third-order valence-electron chi connectivity index (χ3n) is 3.12. The van der Waals surface area contributed by atoms with Crippen LogP contribution in [-0.2, 0) is 4.79 Å². The maximum absolute atomic E-state index is 12.5. The van der Waals surface area contributed by atoms with E-state index in [1.54, 1.807) is 6.07 Å². The van der Waals surface area contributed by atoms with Crippen molar-refractivity contribution in [3.63, 3.8) is 0 Å². The third-order valence-corrected chi connectivity index (χ3v) is 4.42. The van der Waals surface area contributed by atoms with Crippen molar-refractivity contribution in [2.24, 2.45) is 0 Å². The number of furan rings is 1. The maximum Gasteiger partial charge on any atom is 0.433 e. The second-order valence-corrected chi connectivity index (χ2v) is 6.47. The molecule has 1 fully saturated rings. The maximum atomic E-state index is 12.5. The SMILES string of the molecule is Cc1cccc(N2C(=O)C(=Cc3ccc([N+](=O)[O-])o3)SC2=S)c1. The first kappa shape index (κ1) is 15.4. The molecule has 8 heteroatoms. The summed E-state index contributed by atoms with van der Waals surface area (Å²) < 4.78 is 5.46. The summed E-state index contributed by atoms with van der Waals surface area (Å²) in [6, 6.07) is 10.1. The fraction of sp³-hybridized carbons (Fsp3) is 0.0667. The van der Waals surface area contributed by atoms with Crippen LogP contribution in [0.4, 0.5) is 11.6 Å². The summed E-state index contributed by atoms with van der Waals surface area (Å²) in [6.45, 7) is 1.93. The van der Waals surface area contributed by atoms with Gasteiger partial charge in [0.05, 0.1) is 16.7 Å². The number of nitrogens with zero attached hydrogens (tertiary/aromatic N) is 2. The average molecular weight is 346 g/mol. The van der Waals surface area contributed by atoms with Gasteiger partial charge in [0.1, 0.15) is 10.7 Å². The Labute approximate surface area is 140 Å². The minimum absolute atomic E-state index is 0.237. The number of anilines is 1. The van der Waals surface area contributed by atoms with Gasteiger partial charge in [-0.15, -0.1) is 0 Å². The number of carbonyl (C=O) groups is 1. The number of thioether (sulfide) groups is 1. The molecule has 1 aromatic heterocycles. The van der Waals surface area contributed by atoms with Gasteiger partial charge in [-0.25, -0.2) is 0 Å². The van der Waals surface area contributed by atoms with Crippen molar-refractivity contribution < 1.29 is 14.1 Å². The molecule has 0 N–H and O–H groups in total. The standard InChI is InChI=1S/C15H10N2O4S2/c1-9-3-2-4-10(7-9)16-14(18)12(23-15(16)22)8-11-5-6-13(21-11)17(19)20/h2-8H,1H3. The second kappa shape index (κ2) is 5.98. The van der Waals surface area contributed by atoms with E-state index < -0.39 is 4.92 Å². The van der Waals surface area contributed by atoms with Gasteiger partial charge in [0.15, 0.2) is 4.32 Å². The highest BCUT2D eigenvalue weighted by Gasteiger charge is 2.33. The minimum atomic E-state index is -0.630. The van der Waals surface area contributed by atoms with Gasteiger partial charge in [-0.1, -0.05) is 36.1 Å². The topological polar surface area (TPSA) is 76.6 Å². The van der Waals surface area contributed by atoms with E-state index in [1.165, 1.54) is 23.1 Å². The molecule has 116 valence electrons. The van der Waals surface area contributed by atoms with Crippen molar-refractivity contribution in [1.82, 2.24) is 0 Å². The third kappa shape index (κ3) is 3.03. The van der Waals surface area contributed by atoms with Crippen LogP contribution >= 0.6 is 24.0 Å². The zero-order valence-corrected chi connectivity index (χ0v) is 13.5. The zero-order chi connectivity index (χ0) is 16.6. The molecule has 0 atom stereocenters. The normalized spacial score (nSPS) is 16.4. The van der Waals surface area contributed by atoms with E-state index in [9.17, 15) is 14.9 Å². The Balaban J connectivity index is 1.91. The molecule has 0 radical (unpaired) electrons. The lowest BCUT2D eigenvalue weighted by Crippen LogP contribution is -2.27. The molecular weight excluding hydrogens is 336 g/mol. The van der Waals surface area contributed by atoms with Crippen LogP contribution in [0.5, 0.6) is 0 Å². The molecule has 2 heterocycles. The van der Waals surface area contributed by atoms with Crippen molar-refractivity contribution in [1.29, 1.82) is 0 Å². The van der Waals surface area contributed by atoms with Crippen molar-refractivity contribution in [3.05, 3.63) is 62.7 Å². The molecular formula is C15H10N2O4S2. The van der Waals surface area contributed by atoms with Gasteiger partial charge in [0, 0.05) is 6.08 Å². The fourth-order valence-corrected chi connectivity index (χ4v) is 3.38. The quantitative estimate of drug-likeness (QED) is 0.363. The van der Waals surface area contributed by atoms with Crippen LogP contribution in [0.25, 0.3) is 6.08 Å². The molecule has 1 aliphatic heterocycles. The largest absolute Gasteiger partial charge is 0.433 e. The highest BCUT2D eigenvalue weighted by Crippen LogP contribution is 2.36. The van der Waals surface area contributed by atoms with Crippen LogP contribution < -0.4 is 4.90 Å². The molecule has 0 saturated carbocycles. The summed E-state index contributed by atoms with van der Waals surface area (Å²) in [7, 11) is 0. The Kier molecular flexibility index (Phi) is 4.01. The molecule has 1 saturated heterocycles. The lowest BCUT2D eigenvalue weighted by atomic mass is 10.2. The smallest absolute Gasteiger partial charge is 0.401 e. The van der Waals surface area contributed by atoms with Gasteiger partial charge in [-0.2, -0.15) is 0 Å². The van der Waals surface area contributed by atoms with Crippen LogP contribution in [0, 0.1) is 17.0 Å². The predicted octanol–water partition coefficient (Wildman–Crippen LogP) is 3.90. The lowest BCUT2D eigenvalue weighted by Gasteiger charge is -2.14. The number of amides is 1. The first-order valence-corrected chi connectivity index (χ1v) is 7.77. The van der Waals surface area contributed by atoms with E-state index in [2.05, 4.69) is 0 Å². The number of thiocarbonyl (C=S) groups is 1. The van der Waals surface area contributed by atoms with E-state index in [1.807, 2.05) is 25.1 Å². The van der Waals surface area contributed by atoms with Crippen LogP contribution in [0.3, 0.4) is 0 Å². The number of aryl methyl sites for hydroxylation is 1. The molecule has 23 heavy (non-hydrogen) atoms. The van der Waals surface area contributed by atoms with Crippen molar-refractivity contribution in [3.8, 4) is 0 Å². The van der Waals surface area contributed by atoms with Crippen molar-refractivity contribution in [2.75, 3.05) is 4.90 Å². The van der Waals surface area contributed by atoms with Gasteiger partial charge in [-0.05, 0) is 30.7 Å². The van der Waals surface area contributed by atoms with E-state index >= 15 is 0 Å². The van der Waals surface area contributed by atoms with Crippen molar-refractivity contribution in [2.45, 2.75) is 6.92 Å². The van der Waals surface area contributed by atoms with E-state index in [0.717, 1.165) is 17.3 Å². The molecule has 1 aromatic carbocycles. The van der Waals surface area contributed by atoms with Crippen LogP contribution in [-0.4, -0.2) is 15.2 Å². The molecule has 6 nitrogen and oxygen atoms in total. The summed E-state index contributed by atoms with van der Waals surface area (Å²) in [5.74, 6) is -0.406. The van der Waals surface area contributed by atoms with Crippen LogP contribution in [0.1, 0.15) is 11.3 Å². The van der Waals surface area contributed by atoms with E-state index in [0.29, 0.717) is 14.9 Å². The molecule has 0 bridgehead atoms. The molecule has 3 rings (SSSR count). The second-order valence-electron chi connectivity index (χ2n) is 4.79. The Hall–Kier alpha value is -2.45. The number of hydrogen-bond acceptors (Lipinski definition) is 6. The molecule has 0 aliphatic carbocycles.